The lowest BCUT2D eigenvalue weighted by atomic mass is 10.0. The highest BCUT2D eigenvalue weighted by molar-refractivity contribution is 7.21. The van der Waals surface area contributed by atoms with Crippen LogP contribution in [0.4, 0.5) is 14.5 Å². The van der Waals surface area contributed by atoms with E-state index in [0.717, 1.165) is 11.3 Å². The van der Waals surface area contributed by atoms with Crippen molar-refractivity contribution in [2.75, 3.05) is 5.32 Å². The molecule has 13 heteroatoms. The summed E-state index contributed by atoms with van der Waals surface area (Å²) in [6.45, 7) is 6.15. The minimum absolute atomic E-state index is 0.0170. The van der Waals surface area contributed by atoms with Gasteiger partial charge in [-0.25, -0.2) is 13.8 Å². The Hall–Kier alpha value is -3.38. The first-order chi connectivity index (χ1) is 16.6. The van der Waals surface area contributed by atoms with Gasteiger partial charge in [-0.05, 0) is 25.5 Å². The first kappa shape index (κ1) is 24.7. The topological polar surface area (TPSA) is 121 Å². The number of rotatable bonds is 8. The predicted octanol–water partition coefficient (Wildman–Crippen LogP) is 4.65. The van der Waals surface area contributed by atoms with Crippen LogP contribution in [0.5, 0.6) is 0 Å². The molecule has 0 aliphatic heterocycles. The van der Waals surface area contributed by atoms with Gasteiger partial charge in [0.2, 0.25) is 5.91 Å². The molecule has 1 atom stereocenters. The summed E-state index contributed by atoms with van der Waals surface area (Å²) in [5, 5.41) is 12.1. The first-order valence-electron chi connectivity index (χ1n) is 10.7. The number of nitrogens with one attached hydrogen (secondary N) is 1. The van der Waals surface area contributed by atoms with Crippen molar-refractivity contribution in [3.8, 4) is 11.1 Å². The lowest BCUT2D eigenvalue weighted by Gasteiger charge is -2.14. The highest BCUT2D eigenvalue weighted by Crippen LogP contribution is 2.43. The maximum atomic E-state index is 13.7. The number of anilines is 1. The quantitative estimate of drug-likeness (QED) is 0.349. The van der Waals surface area contributed by atoms with Crippen molar-refractivity contribution in [1.29, 1.82) is 0 Å². The number of pyridine rings is 1. The lowest BCUT2D eigenvalue weighted by Crippen LogP contribution is -2.25. The fraction of sp³-hybridized carbons (Fsp3) is 0.318. The second-order valence-corrected chi connectivity index (χ2v) is 9.44. The van der Waals surface area contributed by atoms with Gasteiger partial charge in [-0.3, -0.25) is 19.0 Å². The molecule has 4 aromatic heterocycles. The van der Waals surface area contributed by atoms with E-state index in [-0.39, 0.29) is 21.9 Å². The van der Waals surface area contributed by atoms with Crippen LogP contribution >= 0.6 is 22.9 Å². The summed E-state index contributed by atoms with van der Waals surface area (Å²) >= 11 is 6.75. The van der Waals surface area contributed by atoms with Crippen molar-refractivity contribution in [3.63, 3.8) is 0 Å². The highest BCUT2D eigenvalue weighted by atomic mass is 35.5. The monoisotopic (exact) mass is 521 g/mol. The zero-order valence-electron chi connectivity index (χ0n) is 19.1. The van der Waals surface area contributed by atoms with Gasteiger partial charge in [-0.15, -0.1) is 11.3 Å². The van der Waals surface area contributed by atoms with Gasteiger partial charge < -0.3 is 11.1 Å². The fourth-order valence-electron chi connectivity index (χ4n) is 3.73. The Morgan fingerprint density at radius 1 is 1.26 bits per heavy atom. The van der Waals surface area contributed by atoms with Crippen molar-refractivity contribution in [2.24, 2.45) is 11.7 Å². The Morgan fingerprint density at radius 3 is 2.57 bits per heavy atom. The van der Waals surface area contributed by atoms with Gasteiger partial charge in [-0.2, -0.15) is 10.2 Å². The van der Waals surface area contributed by atoms with E-state index in [1.54, 1.807) is 30.9 Å². The van der Waals surface area contributed by atoms with Crippen LogP contribution in [0.2, 0.25) is 5.02 Å². The largest absolute Gasteiger partial charge is 0.365 e. The fourth-order valence-corrected chi connectivity index (χ4v) is 4.90. The lowest BCUT2D eigenvalue weighted by molar-refractivity contribution is -0.119. The van der Waals surface area contributed by atoms with Gasteiger partial charge >= 0.3 is 0 Å². The Bertz CT molecular complexity index is 1430. The summed E-state index contributed by atoms with van der Waals surface area (Å²) < 4.78 is 30.6. The Balaban J connectivity index is 1.85. The van der Waals surface area contributed by atoms with Gasteiger partial charge in [-0.1, -0.05) is 18.5 Å². The predicted molar refractivity (Wildman–Crippen MR) is 130 cm³/mol. The van der Waals surface area contributed by atoms with Crippen molar-refractivity contribution in [2.45, 2.75) is 40.3 Å². The number of hydrogen-bond donors (Lipinski definition) is 2. The average molecular weight is 522 g/mol. The summed E-state index contributed by atoms with van der Waals surface area (Å²) in [5.74, 6) is -1.79. The summed E-state index contributed by atoms with van der Waals surface area (Å²) in [6, 6.07) is 1.26. The van der Waals surface area contributed by atoms with Gasteiger partial charge in [0, 0.05) is 29.9 Å². The molecule has 2 amide bonds. The van der Waals surface area contributed by atoms with Crippen LogP contribution in [0.15, 0.2) is 24.7 Å². The number of fused-ring (bicyclic) bond motifs is 1. The number of alkyl halides is 2. The number of halogens is 3. The third-order valence-corrected chi connectivity index (χ3v) is 6.74. The summed E-state index contributed by atoms with van der Waals surface area (Å²) in [6.07, 6.45) is 1.94. The Labute approximate surface area is 207 Å². The van der Waals surface area contributed by atoms with E-state index in [0.29, 0.717) is 33.8 Å². The molecule has 0 aliphatic rings. The Morgan fingerprint density at radius 2 is 2.00 bits per heavy atom. The molecule has 0 bridgehead atoms. The average Bonchev–Trinajstić information content (AvgIpc) is 3.49. The zero-order valence-corrected chi connectivity index (χ0v) is 20.6. The molecule has 0 aromatic carbocycles. The first-order valence-corrected chi connectivity index (χ1v) is 11.9. The van der Waals surface area contributed by atoms with E-state index < -0.39 is 29.9 Å². The smallest absolute Gasteiger partial charge is 0.280 e. The minimum Gasteiger partial charge on any atom is -0.365 e. The number of hydrogen-bond acceptors (Lipinski definition) is 6. The number of carbonyl (C=O) groups excluding carboxylic acids is 2. The number of amides is 2. The van der Waals surface area contributed by atoms with Crippen LogP contribution in [0, 0.1) is 12.8 Å². The van der Waals surface area contributed by atoms with Crippen molar-refractivity contribution in [1.82, 2.24) is 24.5 Å². The van der Waals surface area contributed by atoms with Crippen LogP contribution in [0.3, 0.4) is 0 Å². The third-order valence-electron chi connectivity index (χ3n) is 5.45. The standard InChI is InChI=1S/C22H22ClF2N7O2S/c1-4-31-9-14(11(3)30-31)13-5-15(19(24)25)28-22-16(13)17(18(35-22)20(26)33)29-21(34)10(2)7-32-8-12(23)6-27-32/h5-6,8-10,19H,4,7H2,1-3H3,(H2,26,33)(H,29,34). The second kappa shape index (κ2) is 9.70. The number of thiophene rings is 1. The van der Waals surface area contributed by atoms with Crippen LogP contribution in [0.1, 0.15) is 41.3 Å². The molecule has 9 nitrogen and oxygen atoms in total. The highest BCUT2D eigenvalue weighted by Gasteiger charge is 2.27. The molecular formula is C22H22ClF2N7O2S. The summed E-state index contributed by atoms with van der Waals surface area (Å²) in [7, 11) is 0. The molecule has 0 spiro atoms. The van der Waals surface area contributed by atoms with Gasteiger partial charge in [0.1, 0.15) is 15.4 Å². The minimum atomic E-state index is -2.84. The van der Waals surface area contributed by atoms with Crippen molar-refractivity contribution >= 4 is 50.7 Å². The number of carbonyl (C=O) groups is 2. The molecule has 4 rings (SSSR count). The molecule has 0 fully saturated rings. The summed E-state index contributed by atoms with van der Waals surface area (Å²) in [4.78, 5) is 29.6. The molecule has 4 aromatic rings. The van der Waals surface area contributed by atoms with Gasteiger partial charge in [0.05, 0.1) is 35.1 Å². The van der Waals surface area contributed by atoms with E-state index in [1.807, 2.05) is 6.92 Å². The number of nitrogens with zero attached hydrogens (tertiary/aromatic N) is 5. The number of aryl methyl sites for hydroxylation is 2. The molecular weight excluding hydrogens is 500 g/mol. The van der Waals surface area contributed by atoms with Crippen LogP contribution in [-0.2, 0) is 17.9 Å². The SMILES string of the molecule is CCn1cc(-c2cc(C(F)F)nc3sc(C(N)=O)c(NC(=O)C(C)Cn4cc(Cl)cn4)c23)c(C)n1. The van der Waals surface area contributed by atoms with Crippen LogP contribution < -0.4 is 11.1 Å². The number of primary amides is 1. The normalized spacial score (nSPS) is 12.4. The summed E-state index contributed by atoms with van der Waals surface area (Å²) in [5.41, 5.74) is 6.86. The molecule has 35 heavy (non-hydrogen) atoms. The maximum absolute atomic E-state index is 13.7. The molecule has 0 aliphatic carbocycles. The molecule has 0 radical (unpaired) electrons. The van der Waals surface area contributed by atoms with E-state index in [2.05, 4.69) is 20.5 Å². The number of nitrogens with two attached hydrogens (primary N) is 1. The van der Waals surface area contributed by atoms with Gasteiger partial charge in [0.15, 0.2) is 0 Å². The number of aromatic nitrogens is 5. The van der Waals surface area contributed by atoms with E-state index in [4.69, 9.17) is 17.3 Å². The second-order valence-electron chi connectivity index (χ2n) is 8.00. The molecule has 3 N–H and O–H groups in total. The van der Waals surface area contributed by atoms with Crippen LogP contribution in [-0.4, -0.2) is 36.4 Å². The van der Waals surface area contributed by atoms with Crippen molar-refractivity contribution < 1.29 is 18.4 Å². The molecule has 0 saturated carbocycles. The van der Waals surface area contributed by atoms with Gasteiger partial charge in [0.25, 0.3) is 12.3 Å². The zero-order chi connectivity index (χ0) is 25.4. The molecule has 184 valence electrons. The molecule has 1 unspecified atom stereocenters. The molecule has 4 heterocycles. The van der Waals surface area contributed by atoms with E-state index in [9.17, 15) is 18.4 Å². The van der Waals surface area contributed by atoms with Crippen LogP contribution in [0.25, 0.3) is 21.3 Å². The molecule has 0 saturated heterocycles. The van der Waals surface area contributed by atoms with Crippen molar-refractivity contribution in [3.05, 3.63) is 45.9 Å². The Kier molecular flexibility index (Phi) is 6.86. The van der Waals surface area contributed by atoms with E-state index >= 15 is 0 Å². The van der Waals surface area contributed by atoms with E-state index in [1.165, 1.54) is 16.9 Å². The maximum Gasteiger partial charge on any atom is 0.280 e. The third kappa shape index (κ3) is 4.89.